The molecular formula is C17H25NO4. The van der Waals surface area contributed by atoms with E-state index in [0.29, 0.717) is 24.8 Å². The summed E-state index contributed by atoms with van der Waals surface area (Å²) < 4.78 is 11.1. The van der Waals surface area contributed by atoms with Gasteiger partial charge in [-0.15, -0.1) is 0 Å². The highest BCUT2D eigenvalue weighted by Crippen LogP contribution is 2.30. The number of nitrogens with zero attached hydrogens (tertiary/aromatic N) is 1. The van der Waals surface area contributed by atoms with E-state index in [1.807, 2.05) is 23.1 Å². The van der Waals surface area contributed by atoms with E-state index in [0.717, 1.165) is 30.7 Å². The molecule has 0 amide bonds. The maximum atomic E-state index is 11.2. The fraction of sp³-hybridized carbons (Fsp3) is 0.588. The van der Waals surface area contributed by atoms with E-state index in [1.165, 1.54) is 0 Å². The Labute approximate surface area is 131 Å². The molecule has 1 unspecified atom stereocenters. The molecule has 122 valence electrons. The molecule has 1 aliphatic rings. The van der Waals surface area contributed by atoms with E-state index in [1.54, 1.807) is 7.11 Å². The molecule has 0 saturated carbocycles. The molecule has 5 heteroatoms. The van der Waals surface area contributed by atoms with Crippen LogP contribution in [0.3, 0.4) is 0 Å². The molecule has 0 radical (unpaired) electrons. The van der Waals surface area contributed by atoms with Gasteiger partial charge in [-0.25, -0.2) is 0 Å². The summed E-state index contributed by atoms with van der Waals surface area (Å²) in [6, 6.07) is 5.45. The average molecular weight is 307 g/mol. The summed E-state index contributed by atoms with van der Waals surface area (Å²) in [5, 5.41) is 9.24. The first-order chi connectivity index (χ1) is 10.5. The van der Waals surface area contributed by atoms with Crippen molar-refractivity contribution in [1.82, 2.24) is 4.90 Å². The molecule has 1 aromatic carbocycles. The van der Waals surface area contributed by atoms with Crippen LogP contribution in [0.25, 0.3) is 0 Å². The molecule has 0 spiro atoms. The largest absolute Gasteiger partial charge is 0.493 e. The number of rotatable bonds is 7. The molecule has 1 N–H and O–H groups in total. The number of ether oxygens (including phenoxy) is 2. The number of hydrogen-bond donors (Lipinski definition) is 1. The van der Waals surface area contributed by atoms with Crippen molar-refractivity contribution >= 4 is 5.97 Å². The fourth-order valence-corrected chi connectivity index (χ4v) is 2.72. The summed E-state index contributed by atoms with van der Waals surface area (Å²) in [6.45, 7) is 6.28. The van der Waals surface area contributed by atoms with E-state index in [2.05, 4.69) is 13.8 Å². The Kier molecular flexibility index (Phi) is 5.66. The standard InChI is InChI=1S/C17H25NO4/c1-12(2)11-22-15-7-6-13(9-16(15)21-3)10-18-8-4-5-14(18)17(19)20/h6-7,9,12,14H,4-5,8,10-11H2,1-3H3,(H,19,20). The molecule has 0 aromatic heterocycles. The van der Waals surface area contributed by atoms with Crippen LogP contribution >= 0.6 is 0 Å². The lowest BCUT2D eigenvalue weighted by atomic mass is 10.1. The zero-order valence-corrected chi connectivity index (χ0v) is 13.5. The van der Waals surface area contributed by atoms with Crippen molar-refractivity contribution in [1.29, 1.82) is 0 Å². The maximum absolute atomic E-state index is 11.2. The molecule has 1 aromatic rings. The van der Waals surface area contributed by atoms with Crippen molar-refractivity contribution in [2.75, 3.05) is 20.3 Å². The number of benzene rings is 1. The van der Waals surface area contributed by atoms with Gasteiger partial charge in [0.1, 0.15) is 6.04 Å². The summed E-state index contributed by atoms with van der Waals surface area (Å²) >= 11 is 0. The molecule has 1 atom stereocenters. The highest BCUT2D eigenvalue weighted by molar-refractivity contribution is 5.73. The molecule has 1 aliphatic heterocycles. The minimum Gasteiger partial charge on any atom is -0.493 e. The van der Waals surface area contributed by atoms with Gasteiger partial charge < -0.3 is 14.6 Å². The third kappa shape index (κ3) is 4.13. The number of carbonyl (C=O) groups is 1. The van der Waals surface area contributed by atoms with Gasteiger partial charge in [0.05, 0.1) is 13.7 Å². The van der Waals surface area contributed by atoms with Crippen LogP contribution in [0.4, 0.5) is 0 Å². The molecule has 5 nitrogen and oxygen atoms in total. The predicted molar refractivity (Wildman–Crippen MR) is 84.4 cm³/mol. The Morgan fingerprint density at radius 1 is 1.41 bits per heavy atom. The van der Waals surface area contributed by atoms with Gasteiger partial charge in [-0.2, -0.15) is 0 Å². The van der Waals surface area contributed by atoms with Gasteiger partial charge >= 0.3 is 5.97 Å². The van der Waals surface area contributed by atoms with Crippen molar-refractivity contribution in [3.8, 4) is 11.5 Å². The van der Waals surface area contributed by atoms with Crippen LogP contribution in [0.2, 0.25) is 0 Å². The van der Waals surface area contributed by atoms with E-state index >= 15 is 0 Å². The van der Waals surface area contributed by atoms with Gasteiger partial charge in [0.2, 0.25) is 0 Å². The molecule has 1 fully saturated rings. The topological polar surface area (TPSA) is 59.0 Å². The first-order valence-electron chi connectivity index (χ1n) is 7.78. The smallest absolute Gasteiger partial charge is 0.320 e. The van der Waals surface area contributed by atoms with Crippen molar-refractivity contribution < 1.29 is 19.4 Å². The molecule has 2 rings (SSSR count). The van der Waals surface area contributed by atoms with Gasteiger partial charge in [0.25, 0.3) is 0 Å². The zero-order chi connectivity index (χ0) is 16.1. The van der Waals surface area contributed by atoms with Crippen molar-refractivity contribution in [3.63, 3.8) is 0 Å². The SMILES string of the molecule is COc1cc(CN2CCCC2C(=O)O)ccc1OCC(C)C. The third-order valence-corrected chi connectivity index (χ3v) is 3.83. The Balaban J connectivity index is 2.07. The fourth-order valence-electron chi connectivity index (χ4n) is 2.72. The van der Waals surface area contributed by atoms with Crippen molar-refractivity contribution in [2.45, 2.75) is 39.3 Å². The first-order valence-corrected chi connectivity index (χ1v) is 7.78. The summed E-state index contributed by atoms with van der Waals surface area (Å²) in [6.07, 6.45) is 1.66. The second-order valence-corrected chi connectivity index (χ2v) is 6.16. The Morgan fingerprint density at radius 3 is 2.82 bits per heavy atom. The van der Waals surface area contributed by atoms with Crippen LogP contribution in [-0.2, 0) is 11.3 Å². The minimum atomic E-state index is -0.735. The number of carboxylic acid groups (broad SMARTS) is 1. The number of methoxy groups -OCH3 is 1. The second kappa shape index (κ2) is 7.49. The summed E-state index contributed by atoms with van der Waals surface area (Å²) in [5.74, 6) is 1.15. The summed E-state index contributed by atoms with van der Waals surface area (Å²) in [4.78, 5) is 13.2. The van der Waals surface area contributed by atoms with Gasteiger partial charge in [0.15, 0.2) is 11.5 Å². The Hall–Kier alpha value is -1.75. The highest BCUT2D eigenvalue weighted by atomic mass is 16.5. The molecule has 1 saturated heterocycles. The van der Waals surface area contributed by atoms with Gasteiger partial charge in [0, 0.05) is 6.54 Å². The van der Waals surface area contributed by atoms with Crippen molar-refractivity contribution in [2.24, 2.45) is 5.92 Å². The van der Waals surface area contributed by atoms with E-state index in [4.69, 9.17) is 9.47 Å². The Bertz CT molecular complexity index is 515. The van der Waals surface area contributed by atoms with Crippen LogP contribution < -0.4 is 9.47 Å². The second-order valence-electron chi connectivity index (χ2n) is 6.16. The zero-order valence-electron chi connectivity index (χ0n) is 13.5. The van der Waals surface area contributed by atoms with Crippen LogP contribution in [0, 0.1) is 5.92 Å². The van der Waals surface area contributed by atoms with Crippen LogP contribution in [0.5, 0.6) is 11.5 Å². The van der Waals surface area contributed by atoms with Gasteiger partial charge in [-0.05, 0) is 43.0 Å². The van der Waals surface area contributed by atoms with E-state index in [-0.39, 0.29) is 6.04 Å². The monoisotopic (exact) mass is 307 g/mol. The lowest BCUT2D eigenvalue weighted by Gasteiger charge is -2.21. The van der Waals surface area contributed by atoms with Crippen LogP contribution in [0.1, 0.15) is 32.3 Å². The first kappa shape index (κ1) is 16.6. The summed E-state index contributed by atoms with van der Waals surface area (Å²) in [5.41, 5.74) is 1.04. The van der Waals surface area contributed by atoms with E-state index in [9.17, 15) is 9.90 Å². The number of aliphatic carboxylic acids is 1. The maximum Gasteiger partial charge on any atom is 0.320 e. The third-order valence-electron chi connectivity index (χ3n) is 3.83. The Morgan fingerprint density at radius 2 is 2.18 bits per heavy atom. The number of carboxylic acids is 1. The highest BCUT2D eigenvalue weighted by Gasteiger charge is 2.30. The lowest BCUT2D eigenvalue weighted by molar-refractivity contribution is -0.142. The van der Waals surface area contributed by atoms with E-state index < -0.39 is 5.97 Å². The molecule has 0 bridgehead atoms. The quantitative estimate of drug-likeness (QED) is 0.839. The minimum absolute atomic E-state index is 0.372. The summed E-state index contributed by atoms with van der Waals surface area (Å²) in [7, 11) is 1.62. The van der Waals surface area contributed by atoms with Gasteiger partial charge in [-0.1, -0.05) is 19.9 Å². The van der Waals surface area contributed by atoms with Crippen LogP contribution in [0.15, 0.2) is 18.2 Å². The number of likely N-dealkylation sites (tertiary alicyclic amines) is 1. The van der Waals surface area contributed by atoms with Crippen molar-refractivity contribution in [3.05, 3.63) is 23.8 Å². The predicted octanol–water partition coefficient (Wildman–Crippen LogP) is 2.78. The lowest BCUT2D eigenvalue weighted by Crippen LogP contribution is -2.35. The van der Waals surface area contributed by atoms with Crippen LogP contribution in [-0.4, -0.2) is 42.3 Å². The average Bonchev–Trinajstić information content (AvgIpc) is 2.94. The molecule has 22 heavy (non-hydrogen) atoms. The van der Waals surface area contributed by atoms with Gasteiger partial charge in [-0.3, -0.25) is 9.69 Å². The molecule has 1 heterocycles. The number of hydrogen-bond acceptors (Lipinski definition) is 4. The molecular weight excluding hydrogens is 282 g/mol. The molecule has 0 aliphatic carbocycles. The normalized spacial score (nSPS) is 18.6.